The van der Waals surface area contributed by atoms with Crippen LogP contribution in [-0.2, 0) is 21.2 Å². The molecule has 0 spiro atoms. The number of phenols is 1. The Balaban J connectivity index is 2.41. The lowest BCUT2D eigenvalue weighted by molar-refractivity contribution is 0.112. The summed E-state index contributed by atoms with van der Waals surface area (Å²) in [4.78, 5) is 0. The smallest absolute Gasteiger partial charge is 0.222 e. The van der Waals surface area contributed by atoms with E-state index < -0.39 is 26.8 Å². The minimum absolute atomic E-state index is 0.01000. The zero-order chi connectivity index (χ0) is 23.4. The Morgan fingerprint density at radius 3 is 2.25 bits per heavy atom. The van der Waals surface area contributed by atoms with Gasteiger partial charge in [-0.15, -0.1) is 0 Å². The molecule has 3 aromatic rings. The lowest BCUT2D eigenvalue weighted by atomic mass is 9.73. The second kappa shape index (κ2) is 9.70. The van der Waals surface area contributed by atoms with Gasteiger partial charge in [0.2, 0.25) is 10.0 Å². The van der Waals surface area contributed by atoms with Gasteiger partial charge in [-0.1, -0.05) is 60.7 Å². The molecule has 0 heterocycles. The van der Waals surface area contributed by atoms with Crippen LogP contribution in [0.1, 0.15) is 22.6 Å². The van der Waals surface area contributed by atoms with Crippen LogP contribution < -0.4 is 15.6 Å². The number of aliphatic hydroxyl groups is 1. The second-order valence-corrected chi connectivity index (χ2v) is 9.39. The summed E-state index contributed by atoms with van der Waals surface area (Å²) in [5.74, 6) is -0.680. The van der Waals surface area contributed by atoms with Crippen molar-refractivity contribution in [1.82, 2.24) is 0 Å². The summed E-state index contributed by atoms with van der Waals surface area (Å²) in [7, 11) is -3.02. The zero-order valence-electron chi connectivity index (χ0n) is 17.8. The first-order valence-electron chi connectivity index (χ1n) is 10.1. The van der Waals surface area contributed by atoms with Gasteiger partial charge >= 0.3 is 0 Å². The van der Waals surface area contributed by atoms with Crippen molar-refractivity contribution in [2.45, 2.75) is 23.2 Å². The highest BCUT2D eigenvalue weighted by molar-refractivity contribution is 7.90. The molecule has 3 unspecified atom stereocenters. The number of sulfonamides is 1. The fourth-order valence-electron chi connectivity index (χ4n) is 4.34. The minimum atomic E-state index is -4.53. The van der Waals surface area contributed by atoms with E-state index in [9.17, 15) is 18.6 Å². The molecule has 0 saturated heterocycles. The van der Waals surface area contributed by atoms with Gasteiger partial charge in [0.15, 0.2) is 0 Å². The average Bonchev–Trinajstić information content (AvgIpc) is 2.79. The van der Waals surface area contributed by atoms with Crippen LogP contribution in [0.25, 0.3) is 0 Å². The standard InChI is InChI=1S/C24H28N2O5S/c1-31-19-11-7-10-18(15-19)21(14-17-8-3-2-4-9-17)24(23(28)16-25,32(26,29)30)20-12-5-6-13-22(20)27/h2-13,15,21,23,27-28H,14,16,25H2,1H3,(H2,26,29,30). The zero-order valence-corrected chi connectivity index (χ0v) is 18.6. The van der Waals surface area contributed by atoms with Crippen molar-refractivity contribution in [3.8, 4) is 11.5 Å². The fourth-order valence-corrected chi connectivity index (χ4v) is 5.92. The predicted molar refractivity (Wildman–Crippen MR) is 124 cm³/mol. The molecule has 0 aromatic heterocycles. The lowest BCUT2D eigenvalue weighted by Crippen LogP contribution is -2.56. The van der Waals surface area contributed by atoms with Crippen molar-refractivity contribution in [1.29, 1.82) is 0 Å². The van der Waals surface area contributed by atoms with E-state index in [0.717, 1.165) is 5.56 Å². The van der Waals surface area contributed by atoms with Crippen molar-refractivity contribution in [2.24, 2.45) is 10.9 Å². The molecule has 32 heavy (non-hydrogen) atoms. The van der Waals surface area contributed by atoms with E-state index in [4.69, 9.17) is 15.6 Å². The summed E-state index contributed by atoms with van der Waals surface area (Å²) in [5.41, 5.74) is 7.22. The molecule has 170 valence electrons. The molecule has 8 heteroatoms. The van der Waals surface area contributed by atoms with E-state index >= 15 is 0 Å². The molecule has 7 nitrogen and oxygen atoms in total. The summed E-state index contributed by atoms with van der Waals surface area (Å²) in [5, 5.41) is 27.8. The normalized spacial score (nSPS) is 15.5. The van der Waals surface area contributed by atoms with E-state index in [2.05, 4.69) is 0 Å². The minimum Gasteiger partial charge on any atom is -0.508 e. The number of aliphatic hydroxyl groups excluding tert-OH is 1. The van der Waals surface area contributed by atoms with E-state index in [1.165, 1.54) is 19.2 Å². The number of para-hydroxylation sites is 1. The number of rotatable bonds is 9. The van der Waals surface area contributed by atoms with Crippen molar-refractivity contribution < 1.29 is 23.4 Å². The van der Waals surface area contributed by atoms with Crippen LogP contribution in [0.5, 0.6) is 11.5 Å². The van der Waals surface area contributed by atoms with Crippen molar-refractivity contribution >= 4 is 10.0 Å². The molecular formula is C24H28N2O5S. The topological polar surface area (TPSA) is 136 Å². The summed E-state index contributed by atoms with van der Waals surface area (Å²) in [6, 6.07) is 22.2. The van der Waals surface area contributed by atoms with E-state index in [1.807, 2.05) is 30.3 Å². The van der Waals surface area contributed by atoms with Crippen molar-refractivity contribution in [3.63, 3.8) is 0 Å². The Bertz CT molecular complexity index is 1150. The van der Waals surface area contributed by atoms with Crippen LogP contribution in [0.2, 0.25) is 0 Å². The number of benzene rings is 3. The highest BCUT2D eigenvalue weighted by Crippen LogP contribution is 2.50. The first kappa shape index (κ1) is 23.7. The molecule has 0 aliphatic rings. The Labute approximate surface area is 188 Å². The van der Waals surface area contributed by atoms with Gasteiger partial charge in [0.25, 0.3) is 0 Å². The molecule has 3 atom stereocenters. The van der Waals surface area contributed by atoms with Crippen LogP contribution >= 0.6 is 0 Å². The summed E-state index contributed by atoms with van der Waals surface area (Å²) < 4.78 is 30.0. The van der Waals surface area contributed by atoms with Gasteiger partial charge in [-0.25, -0.2) is 13.6 Å². The van der Waals surface area contributed by atoms with Gasteiger partial charge < -0.3 is 20.7 Å². The number of phenolic OH excluding ortho intramolecular Hbond substituents is 1. The second-order valence-electron chi connectivity index (χ2n) is 7.63. The predicted octanol–water partition coefficient (Wildman–Crippen LogP) is 2.23. The quantitative estimate of drug-likeness (QED) is 0.390. The summed E-state index contributed by atoms with van der Waals surface area (Å²) in [6.07, 6.45) is -1.40. The van der Waals surface area contributed by atoms with Gasteiger partial charge in [0, 0.05) is 18.0 Å². The highest BCUT2D eigenvalue weighted by Gasteiger charge is 2.56. The van der Waals surface area contributed by atoms with Crippen LogP contribution in [0.15, 0.2) is 78.9 Å². The van der Waals surface area contributed by atoms with Crippen molar-refractivity contribution in [3.05, 3.63) is 95.6 Å². The SMILES string of the molecule is COc1cccc(C(Cc2ccccc2)C(c2ccccc2O)(C(O)CN)S(N)(=O)=O)c1. The first-order chi connectivity index (χ1) is 15.3. The van der Waals surface area contributed by atoms with E-state index in [-0.39, 0.29) is 24.3 Å². The molecule has 0 bridgehead atoms. The van der Waals surface area contributed by atoms with E-state index in [1.54, 1.807) is 36.4 Å². The van der Waals surface area contributed by atoms with Crippen LogP contribution in [-0.4, -0.2) is 38.4 Å². The molecule has 0 fully saturated rings. The molecule has 0 amide bonds. The van der Waals surface area contributed by atoms with Gasteiger partial charge in [0.1, 0.15) is 16.2 Å². The summed E-state index contributed by atoms with van der Waals surface area (Å²) >= 11 is 0. The molecule has 0 aliphatic heterocycles. The Morgan fingerprint density at radius 1 is 1.00 bits per heavy atom. The third-order valence-electron chi connectivity index (χ3n) is 5.81. The number of hydrogen-bond acceptors (Lipinski definition) is 6. The number of primary sulfonamides is 1. The van der Waals surface area contributed by atoms with Crippen LogP contribution in [0.3, 0.4) is 0 Å². The Hall–Kier alpha value is -2.91. The number of hydrogen-bond donors (Lipinski definition) is 4. The van der Waals surface area contributed by atoms with E-state index in [0.29, 0.717) is 11.3 Å². The molecule has 3 rings (SSSR count). The van der Waals surface area contributed by atoms with Gasteiger partial charge in [-0.05, 0) is 35.7 Å². The molecule has 6 N–H and O–H groups in total. The maximum atomic E-state index is 13.4. The third-order valence-corrected chi connectivity index (χ3v) is 7.53. The molecule has 0 saturated carbocycles. The largest absolute Gasteiger partial charge is 0.508 e. The first-order valence-corrected chi connectivity index (χ1v) is 11.7. The van der Waals surface area contributed by atoms with Crippen LogP contribution in [0, 0.1) is 0 Å². The Kier molecular flexibility index (Phi) is 7.20. The molecular weight excluding hydrogens is 428 g/mol. The average molecular weight is 457 g/mol. The fraction of sp³-hybridized carbons (Fsp3) is 0.250. The van der Waals surface area contributed by atoms with Gasteiger partial charge in [-0.2, -0.15) is 0 Å². The number of aromatic hydroxyl groups is 1. The molecule has 0 radical (unpaired) electrons. The highest BCUT2D eigenvalue weighted by atomic mass is 32.2. The molecule has 3 aromatic carbocycles. The van der Waals surface area contributed by atoms with Gasteiger partial charge in [-0.3, -0.25) is 0 Å². The molecule has 0 aliphatic carbocycles. The number of ether oxygens (including phenoxy) is 1. The maximum absolute atomic E-state index is 13.4. The van der Waals surface area contributed by atoms with Gasteiger partial charge in [0.05, 0.1) is 13.2 Å². The third kappa shape index (κ3) is 4.35. The van der Waals surface area contributed by atoms with Crippen LogP contribution in [0.4, 0.5) is 0 Å². The lowest BCUT2D eigenvalue weighted by Gasteiger charge is -2.43. The monoisotopic (exact) mass is 456 g/mol. The maximum Gasteiger partial charge on any atom is 0.222 e. The number of methoxy groups -OCH3 is 1. The van der Waals surface area contributed by atoms with Crippen molar-refractivity contribution in [2.75, 3.05) is 13.7 Å². The number of nitrogens with two attached hydrogens (primary N) is 2. The Morgan fingerprint density at radius 2 is 1.66 bits per heavy atom. The summed E-state index contributed by atoms with van der Waals surface area (Å²) in [6.45, 7) is -0.389.